The van der Waals surface area contributed by atoms with Crippen LogP contribution < -0.4 is 5.56 Å². The third-order valence-corrected chi connectivity index (χ3v) is 4.83. The molecule has 5 nitrogen and oxygen atoms in total. The molecule has 1 atom stereocenters. The lowest BCUT2D eigenvalue weighted by Gasteiger charge is -2.17. The molecule has 0 aliphatic heterocycles. The molecule has 0 saturated carbocycles. The Morgan fingerprint density at radius 2 is 2.37 bits per heavy atom. The summed E-state index contributed by atoms with van der Waals surface area (Å²) in [4.78, 5) is 14.6. The van der Waals surface area contributed by atoms with E-state index in [0.717, 1.165) is 29.5 Å². The van der Waals surface area contributed by atoms with Crippen molar-refractivity contribution in [2.24, 2.45) is 5.92 Å². The van der Waals surface area contributed by atoms with Gasteiger partial charge in [0.05, 0.1) is 18.5 Å². The molecule has 1 aliphatic rings. The van der Waals surface area contributed by atoms with Crippen molar-refractivity contribution in [1.82, 2.24) is 15.0 Å². The number of methoxy groups -OCH3 is 1. The highest BCUT2D eigenvalue weighted by Crippen LogP contribution is 2.35. The average Bonchev–Trinajstić information content (AvgIpc) is 2.76. The molecule has 0 N–H and O–H groups in total. The van der Waals surface area contributed by atoms with Gasteiger partial charge in [-0.05, 0) is 30.7 Å². The van der Waals surface area contributed by atoms with Crippen molar-refractivity contribution in [1.29, 1.82) is 0 Å². The maximum absolute atomic E-state index is 12.5. The van der Waals surface area contributed by atoms with Gasteiger partial charge in [0.15, 0.2) is 4.83 Å². The van der Waals surface area contributed by atoms with Crippen LogP contribution in [0.4, 0.5) is 0 Å². The Morgan fingerprint density at radius 3 is 3.16 bits per heavy atom. The van der Waals surface area contributed by atoms with E-state index in [2.05, 4.69) is 17.2 Å². The fourth-order valence-electron chi connectivity index (χ4n) is 2.62. The SMILES string of the molecule is COCCn1nnc2sc3c(c2c1=O)CCC(C)C3. The number of fused-ring (bicyclic) bond motifs is 3. The van der Waals surface area contributed by atoms with Gasteiger partial charge in [-0.15, -0.1) is 16.4 Å². The number of aromatic nitrogens is 3. The maximum Gasteiger partial charge on any atom is 0.278 e. The summed E-state index contributed by atoms with van der Waals surface area (Å²) < 4.78 is 6.41. The van der Waals surface area contributed by atoms with E-state index < -0.39 is 0 Å². The topological polar surface area (TPSA) is 57.0 Å². The highest BCUT2D eigenvalue weighted by molar-refractivity contribution is 7.18. The Labute approximate surface area is 115 Å². The van der Waals surface area contributed by atoms with Crippen LogP contribution >= 0.6 is 11.3 Å². The highest BCUT2D eigenvalue weighted by atomic mass is 32.1. The summed E-state index contributed by atoms with van der Waals surface area (Å²) in [7, 11) is 1.62. The lowest BCUT2D eigenvalue weighted by atomic mass is 9.89. The predicted molar refractivity (Wildman–Crippen MR) is 74.7 cm³/mol. The van der Waals surface area contributed by atoms with E-state index in [1.54, 1.807) is 18.4 Å². The second-order valence-corrected chi connectivity index (χ2v) is 6.23. The van der Waals surface area contributed by atoms with Crippen molar-refractivity contribution in [3.05, 3.63) is 20.8 Å². The monoisotopic (exact) mass is 279 g/mol. The summed E-state index contributed by atoms with van der Waals surface area (Å²) in [6.07, 6.45) is 3.20. The van der Waals surface area contributed by atoms with Crippen LogP contribution in [0.2, 0.25) is 0 Å². The first-order valence-electron chi connectivity index (χ1n) is 6.57. The summed E-state index contributed by atoms with van der Waals surface area (Å²) in [5.41, 5.74) is 1.19. The Kier molecular flexibility index (Phi) is 3.36. The number of rotatable bonds is 3. The minimum atomic E-state index is -0.0193. The molecule has 102 valence electrons. The summed E-state index contributed by atoms with van der Waals surface area (Å²) in [5, 5.41) is 8.98. The van der Waals surface area contributed by atoms with Gasteiger partial charge >= 0.3 is 0 Å². The molecule has 2 aromatic heterocycles. The van der Waals surface area contributed by atoms with Crippen LogP contribution in [0.3, 0.4) is 0 Å². The smallest absolute Gasteiger partial charge is 0.278 e. The first kappa shape index (κ1) is 12.7. The molecule has 2 heterocycles. The van der Waals surface area contributed by atoms with Crippen LogP contribution in [0.1, 0.15) is 23.8 Å². The summed E-state index contributed by atoms with van der Waals surface area (Å²) in [5.74, 6) is 0.698. The van der Waals surface area contributed by atoms with E-state index in [9.17, 15) is 4.79 Å². The van der Waals surface area contributed by atoms with Crippen LogP contribution in [0.25, 0.3) is 10.2 Å². The Hall–Kier alpha value is -1.27. The molecule has 6 heteroatoms. The summed E-state index contributed by atoms with van der Waals surface area (Å²) in [6.45, 7) is 3.19. The second kappa shape index (κ2) is 5.02. The molecule has 0 spiro atoms. The van der Waals surface area contributed by atoms with Gasteiger partial charge in [-0.2, -0.15) is 0 Å². The molecule has 0 saturated heterocycles. The van der Waals surface area contributed by atoms with E-state index in [-0.39, 0.29) is 5.56 Å². The van der Waals surface area contributed by atoms with Crippen LogP contribution in [-0.2, 0) is 24.1 Å². The fraction of sp³-hybridized carbons (Fsp3) is 0.615. The molecule has 1 aliphatic carbocycles. The first-order valence-corrected chi connectivity index (χ1v) is 7.39. The third kappa shape index (κ3) is 2.19. The van der Waals surface area contributed by atoms with Gasteiger partial charge in [-0.1, -0.05) is 12.1 Å². The molecule has 0 fully saturated rings. The van der Waals surface area contributed by atoms with Crippen LogP contribution in [0.5, 0.6) is 0 Å². The van der Waals surface area contributed by atoms with Gasteiger partial charge < -0.3 is 4.74 Å². The zero-order valence-electron chi connectivity index (χ0n) is 11.2. The lowest BCUT2D eigenvalue weighted by Crippen LogP contribution is -2.26. The molecule has 0 bridgehead atoms. The van der Waals surface area contributed by atoms with Crippen molar-refractivity contribution in [3.8, 4) is 0 Å². The normalized spacial score (nSPS) is 18.7. The molecule has 0 amide bonds. The van der Waals surface area contributed by atoms with E-state index in [1.807, 2.05) is 0 Å². The van der Waals surface area contributed by atoms with E-state index in [1.165, 1.54) is 15.1 Å². The molecule has 3 rings (SSSR count). The maximum atomic E-state index is 12.5. The van der Waals surface area contributed by atoms with Gasteiger partial charge in [0.25, 0.3) is 5.56 Å². The quantitative estimate of drug-likeness (QED) is 0.857. The van der Waals surface area contributed by atoms with Crippen molar-refractivity contribution >= 4 is 21.6 Å². The fourth-order valence-corrected chi connectivity index (χ4v) is 3.93. The minimum absolute atomic E-state index is 0.0193. The van der Waals surface area contributed by atoms with Crippen LogP contribution in [0, 0.1) is 5.92 Å². The number of hydrogen-bond acceptors (Lipinski definition) is 5. The molecular formula is C13H17N3O2S. The summed E-state index contributed by atoms with van der Waals surface area (Å²) >= 11 is 1.63. The van der Waals surface area contributed by atoms with Gasteiger partial charge in [-0.3, -0.25) is 4.79 Å². The van der Waals surface area contributed by atoms with Crippen molar-refractivity contribution in [3.63, 3.8) is 0 Å². The molecule has 19 heavy (non-hydrogen) atoms. The Bertz CT molecular complexity index is 662. The average molecular weight is 279 g/mol. The van der Waals surface area contributed by atoms with Gasteiger partial charge in [0.1, 0.15) is 0 Å². The molecular weight excluding hydrogens is 262 g/mol. The largest absolute Gasteiger partial charge is 0.383 e. The number of hydrogen-bond donors (Lipinski definition) is 0. The van der Waals surface area contributed by atoms with Gasteiger partial charge in [0.2, 0.25) is 0 Å². The van der Waals surface area contributed by atoms with E-state index >= 15 is 0 Å². The standard InChI is InChI=1S/C13H17N3O2S/c1-8-3-4-9-10(7-8)19-12-11(9)13(17)16(15-14-12)5-6-18-2/h8H,3-7H2,1-2H3. The van der Waals surface area contributed by atoms with Crippen molar-refractivity contribution < 1.29 is 4.74 Å². The van der Waals surface area contributed by atoms with Gasteiger partial charge in [0, 0.05) is 12.0 Å². The molecule has 2 aromatic rings. The van der Waals surface area contributed by atoms with Crippen LogP contribution in [-0.4, -0.2) is 28.7 Å². The van der Waals surface area contributed by atoms with Crippen molar-refractivity contribution in [2.45, 2.75) is 32.7 Å². The third-order valence-electron chi connectivity index (χ3n) is 3.69. The van der Waals surface area contributed by atoms with Gasteiger partial charge in [-0.25, -0.2) is 4.68 Å². The molecule has 1 unspecified atom stereocenters. The van der Waals surface area contributed by atoms with E-state index in [0.29, 0.717) is 19.1 Å². The van der Waals surface area contributed by atoms with Crippen LogP contribution in [0.15, 0.2) is 4.79 Å². The molecule has 0 radical (unpaired) electrons. The highest BCUT2D eigenvalue weighted by Gasteiger charge is 2.23. The Balaban J connectivity index is 2.12. The Morgan fingerprint density at radius 1 is 1.53 bits per heavy atom. The zero-order chi connectivity index (χ0) is 13.4. The predicted octanol–water partition coefficient (Wildman–Crippen LogP) is 1.62. The lowest BCUT2D eigenvalue weighted by molar-refractivity contribution is 0.181. The number of aryl methyl sites for hydroxylation is 1. The molecule has 0 aromatic carbocycles. The van der Waals surface area contributed by atoms with E-state index in [4.69, 9.17) is 4.74 Å². The number of thiophene rings is 1. The first-order chi connectivity index (χ1) is 9.20. The number of ether oxygens (including phenoxy) is 1. The minimum Gasteiger partial charge on any atom is -0.383 e. The van der Waals surface area contributed by atoms with Crippen molar-refractivity contribution in [2.75, 3.05) is 13.7 Å². The zero-order valence-corrected chi connectivity index (χ0v) is 12.0. The number of nitrogens with zero attached hydrogens (tertiary/aromatic N) is 3. The summed E-state index contributed by atoms with van der Waals surface area (Å²) in [6, 6.07) is 0. The second-order valence-electron chi connectivity index (χ2n) is 5.14.